The molecule has 24 heavy (non-hydrogen) atoms. The Morgan fingerprint density at radius 2 is 1.38 bits per heavy atom. The summed E-state index contributed by atoms with van der Waals surface area (Å²) in [5.74, 6) is -0.564. The number of carbonyl (C=O) groups excluding carboxylic acids is 2. The van der Waals surface area contributed by atoms with Crippen LogP contribution in [0.3, 0.4) is 0 Å². The highest BCUT2D eigenvalue weighted by molar-refractivity contribution is 5.75. The molecule has 0 fully saturated rings. The van der Waals surface area contributed by atoms with Crippen molar-refractivity contribution in [2.75, 3.05) is 54.6 Å². The molecular weight excluding hydrogens is 314 g/mol. The second-order valence-corrected chi connectivity index (χ2v) is 5.58. The molecule has 0 radical (unpaired) electrons. The molecule has 8 heteroatoms. The predicted molar refractivity (Wildman–Crippen MR) is 91.7 cm³/mol. The van der Waals surface area contributed by atoms with Gasteiger partial charge >= 0.3 is 11.9 Å². The van der Waals surface area contributed by atoms with Crippen LogP contribution in [0.15, 0.2) is 0 Å². The number of nitrogens with one attached hydrogen (secondary N) is 2. The highest BCUT2D eigenvalue weighted by atomic mass is 16.5. The monoisotopic (exact) mass is 347 g/mol. The summed E-state index contributed by atoms with van der Waals surface area (Å²) < 4.78 is 9.54. The van der Waals surface area contributed by atoms with E-state index in [0.29, 0.717) is 25.9 Å². The number of nitrogens with zero attached hydrogens (tertiary/aromatic N) is 1. The zero-order valence-corrected chi connectivity index (χ0v) is 15.3. The summed E-state index contributed by atoms with van der Waals surface area (Å²) in [6, 6.07) is -0.702. The Morgan fingerprint density at radius 1 is 0.917 bits per heavy atom. The number of unbranched alkanes of at least 4 members (excludes halogenated alkanes) is 1. The third-order valence-corrected chi connectivity index (χ3v) is 4.02. The molecule has 3 N–H and O–H groups in total. The van der Waals surface area contributed by atoms with Crippen molar-refractivity contribution in [3.8, 4) is 0 Å². The number of ether oxygens (including phenoxy) is 2. The van der Waals surface area contributed by atoms with E-state index in [9.17, 15) is 9.59 Å². The summed E-state index contributed by atoms with van der Waals surface area (Å²) in [6.45, 7) is 2.36. The van der Waals surface area contributed by atoms with Gasteiger partial charge in [0.1, 0.15) is 12.1 Å². The lowest BCUT2D eigenvalue weighted by Gasteiger charge is -2.25. The minimum Gasteiger partial charge on any atom is -0.468 e. The van der Waals surface area contributed by atoms with Gasteiger partial charge in [0.15, 0.2) is 0 Å². The van der Waals surface area contributed by atoms with Crippen LogP contribution in [0, 0.1) is 0 Å². The van der Waals surface area contributed by atoms with Crippen LogP contribution < -0.4 is 10.6 Å². The zero-order chi connectivity index (χ0) is 18.4. The molecule has 142 valence electrons. The molecule has 0 saturated heterocycles. The standard InChI is InChI=1S/C16H33N3O5/c1-17-13(15(21)23-3)7-10-19(9-5-6-12-20)11-8-14(18-2)16(22)24-4/h13-14,17-18,20H,5-12H2,1-4H3. The normalized spacial score (nSPS) is 13.6. The molecule has 0 amide bonds. The fourth-order valence-corrected chi connectivity index (χ4v) is 2.45. The van der Waals surface area contributed by atoms with Gasteiger partial charge in [-0.25, -0.2) is 0 Å². The minimum atomic E-state index is -0.351. The topological polar surface area (TPSA) is 100 Å². The van der Waals surface area contributed by atoms with E-state index in [2.05, 4.69) is 15.5 Å². The van der Waals surface area contributed by atoms with Crippen molar-refractivity contribution < 1.29 is 24.2 Å². The van der Waals surface area contributed by atoms with Crippen LogP contribution >= 0.6 is 0 Å². The van der Waals surface area contributed by atoms with Crippen molar-refractivity contribution in [2.45, 2.75) is 37.8 Å². The Labute approximate surface area is 144 Å². The van der Waals surface area contributed by atoms with Crippen LogP contribution in [0.25, 0.3) is 0 Å². The van der Waals surface area contributed by atoms with E-state index < -0.39 is 0 Å². The maximum Gasteiger partial charge on any atom is 0.322 e. The summed E-state index contributed by atoms with van der Waals surface area (Å²) in [5, 5.41) is 14.8. The molecule has 0 rings (SSSR count). The molecule has 2 atom stereocenters. The van der Waals surface area contributed by atoms with Gasteiger partial charge in [0.05, 0.1) is 14.2 Å². The largest absolute Gasteiger partial charge is 0.468 e. The van der Waals surface area contributed by atoms with Crippen molar-refractivity contribution in [1.82, 2.24) is 15.5 Å². The van der Waals surface area contributed by atoms with Gasteiger partial charge in [0.25, 0.3) is 0 Å². The molecule has 0 aliphatic heterocycles. The summed E-state index contributed by atoms with van der Waals surface area (Å²) in [5.41, 5.74) is 0. The number of aliphatic hydroxyl groups is 1. The number of likely N-dealkylation sites (N-methyl/N-ethyl adjacent to an activating group) is 2. The van der Waals surface area contributed by atoms with Crippen molar-refractivity contribution >= 4 is 11.9 Å². The second kappa shape index (κ2) is 14.2. The van der Waals surface area contributed by atoms with Gasteiger partial charge in [0.2, 0.25) is 0 Å². The highest BCUT2D eigenvalue weighted by Gasteiger charge is 2.20. The summed E-state index contributed by atoms with van der Waals surface area (Å²) in [6.07, 6.45) is 2.83. The van der Waals surface area contributed by atoms with E-state index in [1.54, 1.807) is 14.1 Å². The molecule has 0 saturated carbocycles. The highest BCUT2D eigenvalue weighted by Crippen LogP contribution is 2.05. The average molecular weight is 347 g/mol. The minimum absolute atomic E-state index is 0.163. The average Bonchev–Trinajstić information content (AvgIpc) is 2.61. The Balaban J connectivity index is 4.55. The van der Waals surface area contributed by atoms with Crippen molar-refractivity contribution in [2.24, 2.45) is 0 Å². The summed E-state index contributed by atoms with van der Waals surface area (Å²) >= 11 is 0. The molecule has 0 aliphatic carbocycles. The molecule has 0 aromatic carbocycles. The lowest BCUT2D eigenvalue weighted by molar-refractivity contribution is -0.143. The molecule has 0 aromatic rings. The quantitative estimate of drug-likeness (QED) is 0.282. The summed E-state index contributed by atoms with van der Waals surface area (Å²) in [4.78, 5) is 25.5. The van der Waals surface area contributed by atoms with Crippen molar-refractivity contribution in [3.63, 3.8) is 0 Å². The number of methoxy groups -OCH3 is 2. The molecule has 0 aromatic heterocycles. The molecule has 0 spiro atoms. The Kier molecular flexibility index (Phi) is 13.4. The number of carbonyl (C=O) groups is 2. The Morgan fingerprint density at radius 3 is 1.71 bits per heavy atom. The maximum atomic E-state index is 11.6. The van der Waals surface area contributed by atoms with E-state index in [1.807, 2.05) is 0 Å². The van der Waals surface area contributed by atoms with E-state index >= 15 is 0 Å². The summed E-state index contributed by atoms with van der Waals surface area (Å²) in [7, 11) is 6.21. The second-order valence-electron chi connectivity index (χ2n) is 5.58. The first-order chi connectivity index (χ1) is 11.5. The SMILES string of the molecule is CNC(CCN(CCCCO)CCC(NC)C(=O)OC)C(=O)OC. The van der Waals surface area contributed by atoms with Gasteiger partial charge < -0.3 is 30.1 Å². The van der Waals surface area contributed by atoms with Crippen LogP contribution in [0.4, 0.5) is 0 Å². The third-order valence-electron chi connectivity index (χ3n) is 4.02. The van der Waals surface area contributed by atoms with E-state index in [0.717, 1.165) is 19.4 Å². The molecule has 0 bridgehead atoms. The maximum absolute atomic E-state index is 11.6. The first kappa shape index (κ1) is 22.8. The third kappa shape index (κ3) is 9.17. The number of hydrogen-bond donors (Lipinski definition) is 3. The fourth-order valence-electron chi connectivity index (χ4n) is 2.45. The smallest absolute Gasteiger partial charge is 0.322 e. The van der Waals surface area contributed by atoms with Gasteiger partial charge in [-0.05, 0) is 46.3 Å². The van der Waals surface area contributed by atoms with Gasteiger partial charge in [-0.2, -0.15) is 0 Å². The van der Waals surface area contributed by atoms with Crippen molar-refractivity contribution in [3.05, 3.63) is 0 Å². The Bertz CT molecular complexity index is 327. The van der Waals surface area contributed by atoms with Crippen LogP contribution in [0.2, 0.25) is 0 Å². The van der Waals surface area contributed by atoms with Gasteiger partial charge in [0, 0.05) is 19.7 Å². The lowest BCUT2D eigenvalue weighted by atomic mass is 10.1. The lowest BCUT2D eigenvalue weighted by Crippen LogP contribution is -2.41. The first-order valence-electron chi connectivity index (χ1n) is 8.37. The van der Waals surface area contributed by atoms with Crippen LogP contribution in [0.5, 0.6) is 0 Å². The van der Waals surface area contributed by atoms with Crippen LogP contribution in [-0.4, -0.2) is 88.6 Å². The first-order valence-corrected chi connectivity index (χ1v) is 8.37. The van der Waals surface area contributed by atoms with Crippen LogP contribution in [-0.2, 0) is 19.1 Å². The van der Waals surface area contributed by atoms with Gasteiger partial charge in [-0.3, -0.25) is 9.59 Å². The van der Waals surface area contributed by atoms with Gasteiger partial charge in [-0.15, -0.1) is 0 Å². The van der Waals surface area contributed by atoms with E-state index in [-0.39, 0.29) is 30.6 Å². The van der Waals surface area contributed by atoms with Gasteiger partial charge in [-0.1, -0.05) is 0 Å². The number of esters is 2. The molecule has 0 heterocycles. The van der Waals surface area contributed by atoms with E-state index in [1.165, 1.54) is 14.2 Å². The zero-order valence-electron chi connectivity index (χ0n) is 15.3. The number of rotatable bonds is 14. The van der Waals surface area contributed by atoms with Crippen LogP contribution in [0.1, 0.15) is 25.7 Å². The Hall–Kier alpha value is -1.22. The number of hydrogen-bond acceptors (Lipinski definition) is 8. The predicted octanol–water partition coefficient (Wildman–Crippen LogP) is -0.637. The fraction of sp³-hybridized carbons (Fsp3) is 0.875. The van der Waals surface area contributed by atoms with E-state index in [4.69, 9.17) is 14.6 Å². The number of aliphatic hydroxyl groups excluding tert-OH is 1. The molecule has 0 aliphatic rings. The van der Waals surface area contributed by atoms with Crippen molar-refractivity contribution in [1.29, 1.82) is 0 Å². The molecule has 8 nitrogen and oxygen atoms in total. The molecular formula is C16H33N3O5. The molecule has 2 unspecified atom stereocenters.